The molecule has 0 fully saturated rings. The molecule has 0 N–H and O–H groups in total. The van der Waals surface area contributed by atoms with Gasteiger partial charge in [-0.2, -0.15) is 0 Å². The topological polar surface area (TPSA) is 25.6 Å². The van der Waals surface area contributed by atoms with Crippen molar-refractivity contribution in [2.75, 3.05) is 4.90 Å². The molecule has 10 aromatic rings. The normalized spacial score (nSPS) is 13.3. The lowest BCUT2D eigenvalue weighted by molar-refractivity contribution is 0.486. The number of rotatable bonds is 4. The molecule has 2 aliphatic rings. The van der Waals surface area contributed by atoms with E-state index < -0.39 is 0 Å². The molecule has 0 unspecified atom stereocenters. The highest BCUT2D eigenvalue weighted by molar-refractivity contribution is 8.00. The third-order valence-electron chi connectivity index (χ3n) is 13.0. The van der Waals surface area contributed by atoms with Gasteiger partial charge in [0.05, 0.1) is 0 Å². The zero-order chi connectivity index (χ0) is 42.9. The fourth-order valence-corrected chi connectivity index (χ4v) is 12.4. The van der Waals surface area contributed by atoms with E-state index in [1.807, 2.05) is 23.5 Å². The molecule has 8 aromatic carbocycles. The van der Waals surface area contributed by atoms with Crippen LogP contribution in [0.2, 0.25) is 5.02 Å². The molecule has 2 aliphatic heterocycles. The van der Waals surface area contributed by atoms with Crippen molar-refractivity contribution in [3.05, 3.63) is 168 Å². The van der Waals surface area contributed by atoms with Gasteiger partial charge in [0, 0.05) is 62.8 Å². The summed E-state index contributed by atoms with van der Waals surface area (Å²) in [6.45, 7) is 13.6. The Morgan fingerprint density at radius 2 is 1.19 bits per heavy atom. The molecule has 0 bridgehead atoms. The highest BCUT2D eigenvalue weighted by Gasteiger charge is 2.40. The van der Waals surface area contributed by atoms with Crippen LogP contribution >= 0.6 is 34.7 Å². The molecule has 0 saturated heterocycles. The van der Waals surface area contributed by atoms with Crippen molar-refractivity contribution in [3.63, 3.8) is 0 Å². The van der Waals surface area contributed by atoms with Gasteiger partial charge < -0.3 is 14.1 Å². The van der Waals surface area contributed by atoms with Crippen molar-refractivity contribution in [2.45, 2.75) is 62.2 Å². The number of benzene rings is 8. The molecular formula is C56H43BClNO2S2. The maximum atomic E-state index is 6.89. The van der Waals surface area contributed by atoms with Crippen LogP contribution in [0, 0.1) is 0 Å². The third kappa shape index (κ3) is 6.32. The molecule has 0 spiro atoms. The van der Waals surface area contributed by atoms with Gasteiger partial charge in [0.2, 0.25) is 0 Å². The summed E-state index contributed by atoms with van der Waals surface area (Å²) in [5, 5.41) is 5.53. The summed E-state index contributed by atoms with van der Waals surface area (Å²) >= 11 is 10.5. The van der Waals surface area contributed by atoms with Crippen molar-refractivity contribution >= 4 is 117 Å². The second-order valence-corrected chi connectivity index (χ2v) is 21.7. The van der Waals surface area contributed by atoms with Gasteiger partial charge in [0.15, 0.2) is 0 Å². The number of nitrogens with zero attached hydrogens (tertiary/aromatic N) is 1. The summed E-state index contributed by atoms with van der Waals surface area (Å²) in [5.74, 6) is 1.69. The number of halogens is 1. The number of hydrogen-bond acceptors (Lipinski definition) is 5. The number of hydrogen-bond donors (Lipinski definition) is 0. The van der Waals surface area contributed by atoms with E-state index in [2.05, 4.69) is 186 Å². The van der Waals surface area contributed by atoms with Gasteiger partial charge in [-0.1, -0.05) is 143 Å². The Morgan fingerprint density at radius 3 is 1.92 bits per heavy atom. The molecule has 3 nitrogen and oxygen atoms in total. The second kappa shape index (κ2) is 14.0. The molecule has 0 aliphatic carbocycles. The van der Waals surface area contributed by atoms with Crippen molar-refractivity contribution in [1.29, 1.82) is 0 Å². The number of anilines is 3. The first-order valence-electron chi connectivity index (χ1n) is 21.6. The first-order chi connectivity index (χ1) is 30.4. The van der Waals surface area contributed by atoms with E-state index in [1.165, 1.54) is 52.5 Å². The van der Waals surface area contributed by atoms with Crippen LogP contribution in [0.15, 0.2) is 166 Å². The van der Waals surface area contributed by atoms with E-state index in [-0.39, 0.29) is 17.5 Å². The van der Waals surface area contributed by atoms with Crippen LogP contribution in [-0.4, -0.2) is 6.71 Å². The lowest BCUT2D eigenvalue weighted by Crippen LogP contribution is -2.57. The van der Waals surface area contributed by atoms with Crippen LogP contribution in [0.3, 0.4) is 0 Å². The standard InChI is InChI=1S/C56H43BClNO2S2/c1-55(2,3)34-13-17-37(18-14-34)59(38-19-15-35(16-20-38)56(4,5)6)39-21-24-43-50(31-39)63-51-30-36(58)29-47-54(51)57(43)42-23-12-32(27-46(42)61-47)33-11-22-41-49(28-33)62-48-26-25-45-52(53(41)48)40-9-7-8-10-44(40)60-45/h7-31H,1-6H3. The Kier molecular flexibility index (Phi) is 8.63. The minimum absolute atomic E-state index is 0.00165. The predicted octanol–water partition coefficient (Wildman–Crippen LogP) is 15.4. The Hall–Kier alpha value is -5.92. The van der Waals surface area contributed by atoms with Crippen LogP contribution in [0.25, 0.3) is 53.2 Å². The van der Waals surface area contributed by atoms with Gasteiger partial charge in [0.25, 0.3) is 6.71 Å². The van der Waals surface area contributed by atoms with E-state index >= 15 is 0 Å². The largest absolute Gasteiger partial charge is 0.458 e. The minimum Gasteiger partial charge on any atom is -0.458 e. The van der Waals surface area contributed by atoms with Gasteiger partial charge in [-0.25, -0.2) is 0 Å². The number of furan rings is 1. The van der Waals surface area contributed by atoms with E-state index in [0.29, 0.717) is 5.02 Å². The SMILES string of the molecule is CC(C)(C)c1ccc(N(c2ccc(C(C)(C)C)cc2)c2ccc3c(c2)Sc2cc(Cl)cc4c2B3c2ccc(-c3ccc5c(c3)sc3ccc6oc7ccccc7c6c35)cc2O4)cc1. The highest BCUT2D eigenvalue weighted by Crippen LogP contribution is 2.46. The second-order valence-electron chi connectivity index (χ2n) is 19.1. The Balaban J connectivity index is 0.952. The van der Waals surface area contributed by atoms with Crippen LogP contribution < -0.4 is 26.0 Å². The molecule has 306 valence electrons. The average Bonchev–Trinajstić information content (AvgIpc) is 3.83. The van der Waals surface area contributed by atoms with Crippen molar-refractivity contribution in [2.24, 2.45) is 0 Å². The molecule has 0 amide bonds. The van der Waals surface area contributed by atoms with Crippen LogP contribution in [0.4, 0.5) is 17.1 Å². The average molecular weight is 872 g/mol. The molecule has 2 aromatic heterocycles. The maximum absolute atomic E-state index is 6.89. The first-order valence-corrected chi connectivity index (χ1v) is 23.6. The molecule has 4 heterocycles. The number of thiophene rings is 1. The molecule has 0 atom stereocenters. The molecule has 12 rings (SSSR count). The third-order valence-corrected chi connectivity index (χ3v) is 15.4. The fourth-order valence-electron chi connectivity index (χ4n) is 9.70. The summed E-state index contributed by atoms with van der Waals surface area (Å²) in [4.78, 5) is 4.73. The summed E-state index contributed by atoms with van der Waals surface area (Å²) in [7, 11) is 0. The predicted molar refractivity (Wildman–Crippen MR) is 271 cm³/mol. The van der Waals surface area contributed by atoms with Crippen LogP contribution in [-0.2, 0) is 10.8 Å². The van der Waals surface area contributed by atoms with Crippen molar-refractivity contribution in [3.8, 4) is 22.6 Å². The smallest absolute Gasteiger partial charge is 0.253 e. The first kappa shape index (κ1) is 38.7. The van der Waals surface area contributed by atoms with Crippen molar-refractivity contribution in [1.82, 2.24) is 0 Å². The summed E-state index contributed by atoms with van der Waals surface area (Å²) < 4.78 is 15.6. The number of fused-ring (bicyclic) bond motifs is 11. The lowest BCUT2D eigenvalue weighted by atomic mass is 9.35. The van der Waals surface area contributed by atoms with Gasteiger partial charge in [-0.05, 0) is 123 Å². The fraction of sp³-hybridized carbons (Fsp3) is 0.143. The zero-order valence-corrected chi connectivity index (χ0v) is 38.4. The Morgan fingerprint density at radius 1 is 0.524 bits per heavy atom. The monoisotopic (exact) mass is 871 g/mol. The van der Waals surface area contributed by atoms with Gasteiger partial charge in [-0.15, -0.1) is 11.3 Å². The molecule has 0 radical (unpaired) electrons. The number of para-hydroxylation sites is 1. The Labute approximate surface area is 381 Å². The summed E-state index contributed by atoms with van der Waals surface area (Å²) in [5.41, 5.74) is 13.8. The highest BCUT2D eigenvalue weighted by atomic mass is 35.5. The Bertz CT molecular complexity index is 3440. The van der Waals surface area contributed by atoms with E-state index in [0.717, 1.165) is 66.6 Å². The minimum atomic E-state index is -0.00165. The lowest BCUT2D eigenvalue weighted by Gasteiger charge is -2.34. The number of ether oxygens (including phenoxy) is 1. The zero-order valence-electron chi connectivity index (χ0n) is 36.0. The molecular weight excluding hydrogens is 829 g/mol. The van der Waals surface area contributed by atoms with Crippen molar-refractivity contribution < 1.29 is 9.15 Å². The molecule has 7 heteroatoms. The van der Waals surface area contributed by atoms with Crippen LogP contribution in [0.1, 0.15) is 52.7 Å². The van der Waals surface area contributed by atoms with Gasteiger partial charge in [0.1, 0.15) is 22.7 Å². The molecule has 0 saturated carbocycles. The molecule has 63 heavy (non-hydrogen) atoms. The van der Waals surface area contributed by atoms with E-state index in [9.17, 15) is 0 Å². The maximum Gasteiger partial charge on any atom is 0.253 e. The van der Waals surface area contributed by atoms with Gasteiger partial charge >= 0.3 is 0 Å². The summed E-state index contributed by atoms with van der Waals surface area (Å²) in [6.07, 6.45) is 0. The van der Waals surface area contributed by atoms with E-state index in [1.54, 1.807) is 11.8 Å². The van der Waals surface area contributed by atoms with E-state index in [4.69, 9.17) is 20.8 Å². The summed E-state index contributed by atoms with van der Waals surface area (Å²) in [6, 6.07) is 55.5. The van der Waals surface area contributed by atoms with Crippen LogP contribution in [0.5, 0.6) is 11.5 Å². The van der Waals surface area contributed by atoms with Gasteiger partial charge in [-0.3, -0.25) is 0 Å². The quantitative estimate of drug-likeness (QED) is 0.165.